The minimum atomic E-state index is -0.692. The Morgan fingerprint density at radius 1 is 1.08 bits per heavy atom. The third kappa shape index (κ3) is 6.35. The normalized spacial score (nSPS) is 20.0. The number of aliphatic hydroxyl groups excluding tert-OH is 1. The summed E-state index contributed by atoms with van der Waals surface area (Å²) in [6.07, 6.45) is 2.70. The lowest BCUT2D eigenvalue weighted by Gasteiger charge is -2.29. The van der Waals surface area contributed by atoms with Gasteiger partial charge in [-0.2, -0.15) is 0 Å². The minimum Gasteiger partial charge on any atom is -0.507 e. The van der Waals surface area contributed by atoms with Crippen molar-refractivity contribution in [3.8, 4) is 5.75 Å². The Morgan fingerprint density at radius 3 is 2.49 bits per heavy atom. The predicted molar refractivity (Wildman–Crippen MR) is 144 cm³/mol. The number of hydrogen-bond donors (Lipinski definition) is 1. The molecule has 0 spiro atoms. The molecule has 2 fully saturated rings. The molecule has 1 N–H and O–H groups in total. The summed E-state index contributed by atoms with van der Waals surface area (Å²) < 4.78 is 11.3. The Bertz CT molecular complexity index is 1140. The number of ketones is 1. The summed E-state index contributed by atoms with van der Waals surface area (Å²) in [6.45, 7) is 8.95. The van der Waals surface area contributed by atoms with E-state index < -0.39 is 17.7 Å². The molecule has 0 aromatic heterocycles. The molecule has 2 aliphatic heterocycles. The van der Waals surface area contributed by atoms with Gasteiger partial charge in [-0.3, -0.25) is 14.5 Å². The van der Waals surface area contributed by atoms with Gasteiger partial charge in [-0.05, 0) is 61.2 Å². The van der Waals surface area contributed by atoms with Crippen LogP contribution in [0.3, 0.4) is 0 Å². The van der Waals surface area contributed by atoms with Crippen LogP contribution >= 0.6 is 11.6 Å². The van der Waals surface area contributed by atoms with Crippen LogP contribution < -0.4 is 4.74 Å². The number of halogens is 1. The highest BCUT2D eigenvalue weighted by atomic mass is 35.5. The number of unbranched alkanes of at least 4 members (excludes halogenated alkanes) is 1. The van der Waals surface area contributed by atoms with Crippen LogP contribution in [-0.2, 0) is 14.3 Å². The predicted octanol–water partition coefficient (Wildman–Crippen LogP) is 4.97. The molecule has 0 aliphatic carbocycles. The molecule has 2 heterocycles. The standard InChI is InChI=1S/C29H35ClN2O5/c1-3-4-16-37-24-11-8-22(19-20(24)2)27(33)25-26(21-6-9-23(30)10-7-21)32(29(35)28(25)34)13-5-12-31-14-17-36-18-15-31/h6-11,19,26,33H,3-5,12-18H2,1-2H3/b27-25+/t26-/m0/s1. The van der Waals surface area contributed by atoms with E-state index in [4.69, 9.17) is 21.1 Å². The van der Waals surface area contributed by atoms with Crippen molar-refractivity contribution < 1.29 is 24.2 Å². The van der Waals surface area contributed by atoms with Crippen molar-refractivity contribution >= 4 is 29.1 Å². The van der Waals surface area contributed by atoms with E-state index >= 15 is 0 Å². The molecule has 7 nitrogen and oxygen atoms in total. The number of hydrogen-bond acceptors (Lipinski definition) is 6. The number of ether oxygens (including phenoxy) is 2. The van der Waals surface area contributed by atoms with Gasteiger partial charge in [-0.25, -0.2) is 0 Å². The zero-order valence-corrected chi connectivity index (χ0v) is 22.3. The summed E-state index contributed by atoms with van der Waals surface area (Å²) in [5.74, 6) is -0.718. The van der Waals surface area contributed by atoms with Crippen molar-refractivity contribution in [1.29, 1.82) is 0 Å². The maximum atomic E-state index is 13.3. The topological polar surface area (TPSA) is 79.3 Å². The van der Waals surface area contributed by atoms with Gasteiger partial charge in [-0.15, -0.1) is 0 Å². The Hall–Kier alpha value is -2.87. The summed E-state index contributed by atoms with van der Waals surface area (Å²) >= 11 is 6.12. The number of amides is 1. The molecular weight excluding hydrogens is 492 g/mol. The number of Topliss-reactive ketones (excluding diaryl/α,β-unsaturated/α-hetero) is 1. The van der Waals surface area contributed by atoms with E-state index in [2.05, 4.69) is 11.8 Å². The number of rotatable bonds is 10. The zero-order chi connectivity index (χ0) is 26.4. The third-order valence-electron chi connectivity index (χ3n) is 6.91. The van der Waals surface area contributed by atoms with Crippen LogP contribution in [0.5, 0.6) is 5.75 Å². The Kier molecular flexibility index (Phi) is 9.24. The number of likely N-dealkylation sites (tertiary alicyclic amines) is 1. The molecule has 1 amide bonds. The number of benzene rings is 2. The van der Waals surface area contributed by atoms with Crippen molar-refractivity contribution in [1.82, 2.24) is 9.80 Å². The lowest BCUT2D eigenvalue weighted by Crippen LogP contribution is -2.38. The van der Waals surface area contributed by atoms with Crippen molar-refractivity contribution in [2.24, 2.45) is 0 Å². The molecule has 2 saturated heterocycles. The van der Waals surface area contributed by atoms with E-state index in [0.29, 0.717) is 43.4 Å². The second-order valence-corrected chi connectivity index (χ2v) is 9.97. The molecule has 198 valence electrons. The monoisotopic (exact) mass is 526 g/mol. The third-order valence-corrected chi connectivity index (χ3v) is 7.16. The van der Waals surface area contributed by atoms with Gasteiger partial charge in [0.15, 0.2) is 0 Å². The molecular formula is C29H35ClN2O5. The molecule has 2 aromatic carbocycles. The van der Waals surface area contributed by atoms with Crippen LogP contribution in [-0.4, -0.2) is 72.6 Å². The number of nitrogens with zero attached hydrogens (tertiary/aromatic N) is 2. The lowest BCUT2D eigenvalue weighted by molar-refractivity contribution is -0.140. The second-order valence-electron chi connectivity index (χ2n) is 9.53. The zero-order valence-electron chi connectivity index (χ0n) is 21.5. The molecule has 0 bridgehead atoms. The van der Waals surface area contributed by atoms with E-state index in [1.165, 1.54) is 0 Å². The summed E-state index contributed by atoms with van der Waals surface area (Å²) in [5, 5.41) is 11.9. The van der Waals surface area contributed by atoms with E-state index in [1.807, 2.05) is 6.92 Å². The number of aryl methyl sites for hydroxylation is 1. The first-order valence-corrected chi connectivity index (χ1v) is 13.4. The highest BCUT2D eigenvalue weighted by Gasteiger charge is 2.45. The lowest BCUT2D eigenvalue weighted by atomic mass is 9.94. The molecule has 0 saturated carbocycles. The molecule has 0 unspecified atom stereocenters. The summed E-state index contributed by atoms with van der Waals surface area (Å²) in [7, 11) is 0. The van der Waals surface area contributed by atoms with Crippen molar-refractivity contribution in [2.45, 2.75) is 39.2 Å². The molecule has 37 heavy (non-hydrogen) atoms. The summed E-state index contributed by atoms with van der Waals surface area (Å²) in [4.78, 5) is 30.4. The van der Waals surface area contributed by atoms with E-state index in [-0.39, 0.29) is 11.3 Å². The van der Waals surface area contributed by atoms with Gasteiger partial charge in [0.2, 0.25) is 0 Å². The Morgan fingerprint density at radius 2 is 1.81 bits per heavy atom. The van der Waals surface area contributed by atoms with Gasteiger partial charge in [0.1, 0.15) is 11.5 Å². The Labute approximate surface area is 223 Å². The summed E-state index contributed by atoms with van der Waals surface area (Å²) in [6, 6.07) is 11.7. The second kappa shape index (κ2) is 12.6. The number of aliphatic hydroxyl groups is 1. The van der Waals surface area contributed by atoms with Crippen LogP contribution in [0.4, 0.5) is 0 Å². The summed E-state index contributed by atoms with van der Waals surface area (Å²) in [5.41, 5.74) is 2.15. The first-order chi connectivity index (χ1) is 17.9. The Balaban J connectivity index is 1.64. The average molecular weight is 527 g/mol. The van der Waals surface area contributed by atoms with Gasteiger partial charge < -0.3 is 19.5 Å². The van der Waals surface area contributed by atoms with E-state index in [9.17, 15) is 14.7 Å². The molecule has 2 aliphatic rings. The van der Waals surface area contributed by atoms with Gasteiger partial charge in [-0.1, -0.05) is 37.1 Å². The van der Waals surface area contributed by atoms with Crippen molar-refractivity contribution in [2.75, 3.05) is 46.0 Å². The number of carbonyl (C=O) groups excluding carboxylic acids is 2. The van der Waals surface area contributed by atoms with Crippen LogP contribution in [0, 0.1) is 6.92 Å². The van der Waals surface area contributed by atoms with Gasteiger partial charge >= 0.3 is 0 Å². The van der Waals surface area contributed by atoms with Gasteiger partial charge in [0.25, 0.3) is 11.7 Å². The quantitative estimate of drug-likeness (QED) is 0.204. The van der Waals surface area contributed by atoms with Crippen LogP contribution in [0.15, 0.2) is 48.0 Å². The fraction of sp³-hybridized carbons (Fsp3) is 0.448. The molecule has 0 radical (unpaired) electrons. The number of morpholine rings is 1. The van der Waals surface area contributed by atoms with Gasteiger partial charge in [0.05, 0.1) is 31.4 Å². The van der Waals surface area contributed by atoms with Crippen molar-refractivity contribution in [3.05, 3.63) is 69.8 Å². The highest BCUT2D eigenvalue weighted by molar-refractivity contribution is 6.46. The molecule has 1 atom stereocenters. The van der Waals surface area contributed by atoms with Crippen molar-refractivity contribution in [3.63, 3.8) is 0 Å². The fourth-order valence-electron chi connectivity index (χ4n) is 4.83. The first-order valence-electron chi connectivity index (χ1n) is 13.0. The van der Waals surface area contributed by atoms with Crippen LogP contribution in [0.25, 0.3) is 5.76 Å². The van der Waals surface area contributed by atoms with Gasteiger partial charge in [0, 0.05) is 36.8 Å². The maximum absolute atomic E-state index is 13.3. The molecule has 8 heteroatoms. The number of carbonyl (C=O) groups is 2. The average Bonchev–Trinajstić information content (AvgIpc) is 3.15. The minimum absolute atomic E-state index is 0.0951. The van der Waals surface area contributed by atoms with E-state index in [1.54, 1.807) is 47.4 Å². The fourth-order valence-corrected chi connectivity index (χ4v) is 4.96. The van der Waals surface area contributed by atoms with Crippen LogP contribution in [0.1, 0.15) is 48.9 Å². The first kappa shape index (κ1) is 27.2. The smallest absolute Gasteiger partial charge is 0.295 e. The SMILES string of the molecule is CCCCOc1ccc(/C(O)=C2\C(=O)C(=O)N(CCCN3CCOCC3)[C@H]2c2ccc(Cl)cc2)cc1C. The highest BCUT2D eigenvalue weighted by Crippen LogP contribution is 2.40. The molecule has 2 aromatic rings. The largest absolute Gasteiger partial charge is 0.507 e. The van der Waals surface area contributed by atoms with E-state index in [0.717, 1.165) is 49.4 Å². The maximum Gasteiger partial charge on any atom is 0.295 e. The van der Waals surface area contributed by atoms with Crippen LogP contribution in [0.2, 0.25) is 5.02 Å². The molecule has 4 rings (SSSR count).